The number of esters is 1. The Morgan fingerprint density at radius 1 is 1.16 bits per heavy atom. The highest BCUT2D eigenvalue weighted by atomic mass is 32.2. The highest BCUT2D eigenvalue weighted by Crippen LogP contribution is 2.18. The molecule has 8 heteroatoms. The SMILES string of the molecule is O=C(O)C1=CC(C(=O)Oc2ccccc2)=NS1(=O)=O. The van der Waals surface area contributed by atoms with E-state index in [0.29, 0.717) is 6.08 Å². The maximum absolute atomic E-state index is 11.6. The number of hydrogen-bond donors (Lipinski definition) is 1. The Bertz CT molecular complexity index is 702. The number of ether oxygens (including phenoxy) is 1. The Balaban J connectivity index is 2.25. The predicted molar refractivity (Wildman–Crippen MR) is 64.2 cm³/mol. The van der Waals surface area contributed by atoms with Crippen LogP contribution in [0.25, 0.3) is 0 Å². The summed E-state index contributed by atoms with van der Waals surface area (Å²) in [6, 6.07) is 7.92. The van der Waals surface area contributed by atoms with Gasteiger partial charge in [0.1, 0.15) is 5.75 Å². The van der Waals surface area contributed by atoms with Gasteiger partial charge in [-0.2, -0.15) is 12.8 Å². The number of hydrogen-bond acceptors (Lipinski definition) is 5. The Morgan fingerprint density at radius 2 is 1.79 bits per heavy atom. The van der Waals surface area contributed by atoms with Gasteiger partial charge in [0.25, 0.3) is 10.0 Å². The van der Waals surface area contributed by atoms with Crippen molar-refractivity contribution in [2.45, 2.75) is 0 Å². The normalized spacial score (nSPS) is 16.4. The second-order valence-corrected chi connectivity index (χ2v) is 5.04. The first-order chi connectivity index (χ1) is 8.90. The summed E-state index contributed by atoms with van der Waals surface area (Å²) in [7, 11) is -4.32. The van der Waals surface area contributed by atoms with Crippen LogP contribution in [0.5, 0.6) is 5.75 Å². The van der Waals surface area contributed by atoms with E-state index < -0.39 is 32.6 Å². The number of carboxylic acid groups (broad SMARTS) is 1. The summed E-state index contributed by atoms with van der Waals surface area (Å²) >= 11 is 0. The molecule has 7 nitrogen and oxygen atoms in total. The number of nitrogens with zero attached hydrogens (tertiary/aromatic N) is 1. The fourth-order valence-corrected chi connectivity index (χ4v) is 2.29. The van der Waals surface area contributed by atoms with Crippen molar-refractivity contribution < 1.29 is 27.9 Å². The van der Waals surface area contributed by atoms with E-state index in [1.165, 1.54) is 12.1 Å². The van der Waals surface area contributed by atoms with Crippen molar-refractivity contribution in [2.75, 3.05) is 0 Å². The third-order valence-electron chi connectivity index (χ3n) is 2.14. The van der Waals surface area contributed by atoms with Crippen LogP contribution in [0.2, 0.25) is 0 Å². The maximum atomic E-state index is 11.6. The van der Waals surface area contributed by atoms with Crippen LogP contribution in [0.1, 0.15) is 0 Å². The smallest absolute Gasteiger partial charge is 0.363 e. The molecule has 19 heavy (non-hydrogen) atoms. The Kier molecular flexibility index (Phi) is 3.17. The summed E-state index contributed by atoms with van der Waals surface area (Å²) in [5.41, 5.74) is -0.568. The lowest BCUT2D eigenvalue weighted by Gasteiger charge is -2.01. The van der Waals surface area contributed by atoms with Crippen LogP contribution in [0.15, 0.2) is 45.7 Å². The number of sulfonamides is 1. The molecule has 0 radical (unpaired) electrons. The van der Waals surface area contributed by atoms with Gasteiger partial charge in [-0.1, -0.05) is 18.2 Å². The van der Waals surface area contributed by atoms with Crippen LogP contribution in [0.3, 0.4) is 0 Å². The molecule has 0 saturated carbocycles. The lowest BCUT2D eigenvalue weighted by Crippen LogP contribution is -2.17. The van der Waals surface area contributed by atoms with E-state index in [-0.39, 0.29) is 5.75 Å². The molecule has 0 aromatic heterocycles. The van der Waals surface area contributed by atoms with Gasteiger partial charge in [0.2, 0.25) is 0 Å². The molecule has 1 heterocycles. The van der Waals surface area contributed by atoms with Crippen LogP contribution < -0.4 is 4.74 Å². The molecule has 0 spiro atoms. The molecule has 1 aromatic rings. The van der Waals surface area contributed by atoms with E-state index in [0.717, 1.165) is 0 Å². The van der Waals surface area contributed by atoms with E-state index in [4.69, 9.17) is 9.84 Å². The number of carbonyl (C=O) groups excluding carboxylic acids is 1. The molecular weight excluding hydrogens is 274 g/mol. The van der Waals surface area contributed by atoms with Gasteiger partial charge >= 0.3 is 11.9 Å². The van der Waals surface area contributed by atoms with E-state index >= 15 is 0 Å². The van der Waals surface area contributed by atoms with Crippen molar-refractivity contribution >= 4 is 27.7 Å². The van der Waals surface area contributed by atoms with Crippen molar-refractivity contribution in [1.82, 2.24) is 0 Å². The minimum atomic E-state index is -4.32. The largest absolute Gasteiger partial charge is 0.477 e. The molecule has 1 N–H and O–H groups in total. The molecular formula is C11H7NO6S. The van der Waals surface area contributed by atoms with E-state index in [1.54, 1.807) is 18.2 Å². The number of rotatable bonds is 3. The molecule has 0 aliphatic carbocycles. The number of para-hydroxylation sites is 1. The van der Waals surface area contributed by atoms with Crippen LogP contribution in [-0.4, -0.2) is 31.2 Å². The zero-order chi connectivity index (χ0) is 14.0. The molecule has 0 saturated heterocycles. The lowest BCUT2D eigenvalue weighted by molar-refractivity contribution is -0.131. The second-order valence-electron chi connectivity index (χ2n) is 3.47. The highest BCUT2D eigenvalue weighted by molar-refractivity contribution is 7.95. The van der Waals surface area contributed by atoms with Gasteiger partial charge in [-0.15, -0.1) is 0 Å². The molecule has 98 valence electrons. The monoisotopic (exact) mass is 281 g/mol. The van der Waals surface area contributed by atoms with Crippen molar-refractivity contribution in [2.24, 2.45) is 4.40 Å². The zero-order valence-corrected chi connectivity index (χ0v) is 10.1. The Labute approximate surface area is 107 Å². The lowest BCUT2D eigenvalue weighted by atomic mass is 10.3. The predicted octanol–water partition coefficient (Wildman–Crippen LogP) is 0.345. The topological polar surface area (TPSA) is 110 Å². The summed E-state index contributed by atoms with van der Waals surface area (Å²) in [4.78, 5) is 21.3. The third kappa shape index (κ3) is 2.68. The van der Waals surface area contributed by atoms with Gasteiger partial charge in [0.15, 0.2) is 10.6 Å². The first-order valence-electron chi connectivity index (χ1n) is 4.97. The van der Waals surface area contributed by atoms with Crippen LogP contribution in [-0.2, 0) is 19.6 Å². The molecule has 0 bridgehead atoms. The maximum Gasteiger partial charge on any atom is 0.363 e. The van der Waals surface area contributed by atoms with Gasteiger partial charge in [-0.05, 0) is 12.1 Å². The number of carbonyl (C=O) groups is 2. The van der Waals surface area contributed by atoms with Gasteiger partial charge in [0.05, 0.1) is 0 Å². The standard InChI is InChI=1S/C11H7NO6S/c13-10(14)9-6-8(12-19(9,16)17)11(15)18-7-4-2-1-3-5-7/h1-6H,(H,13,14). The number of benzene rings is 1. The van der Waals surface area contributed by atoms with Gasteiger partial charge in [-0.25, -0.2) is 9.59 Å². The molecule has 0 fully saturated rings. The summed E-state index contributed by atoms with van der Waals surface area (Å²) < 4.78 is 30.6. The van der Waals surface area contributed by atoms with Crippen molar-refractivity contribution in [3.8, 4) is 5.75 Å². The average molecular weight is 281 g/mol. The molecule has 0 amide bonds. The zero-order valence-electron chi connectivity index (χ0n) is 9.31. The first-order valence-corrected chi connectivity index (χ1v) is 6.41. The van der Waals surface area contributed by atoms with E-state index in [9.17, 15) is 18.0 Å². The quantitative estimate of drug-likeness (QED) is 0.632. The van der Waals surface area contributed by atoms with Crippen molar-refractivity contribution in [3.05, 3.63) is 41.3 Å². The second kappa shape index (κ2) is 4.65. The highest BCUT2D eigenvalue weighted by Gasteiger charge is 2.33. The minimum absolute atomic E-state index is 0.199. The summed E-state index contributed by atoms with van der Waals surface area (Å²) in [6.07, 6.45) is 0.670. The molecule has 0 atom stereocenters. The van der Waals surface area contributed by atoms with Crippen LogP contribution >= 0.6 is 0 Å². The fraction of sp³-hybridized carbons (Fsp3) is 0. The molecule has 1 aromatic carbocycles. The molecule has 2 rings (SSSR count). The summed E-state index contributed by atoms with van der Waals surface area (Å²) in [6.45, 7) is 0. The number of aliphatic carboxylic acids is 1. The van der Waals surface area contributed by atoms with Gasteiger partial charge in [-0.3, -0.25) is 0 Å². The summed E-state index contributed by atoms with van der Waals surface area (Å²) in [5, 5.41) is 8.67. The molecule has 0 unspecified atom stereocenters. The molecule has 1 aliphatic heterocycles. The van der Waals surface area contributed by atoms with E-state index in [1.807, 2.05) is 0 Å². The average Bonchev–Trinajstić information content (AvgIpc) is 2.66. The van der Waals surface area contributed by atoms with Gasteiger partial charge in [0, 0.05) is 6.08 Å². The van der Waals surface area contributed by atoms with Crippen molar-refractivity contribution in [3.63, 3.8) is 0 Å². The third-order valence-corrected chi connectivity index (χ3v) is 3.42. The first kappa shape index (κ1) is 13.0. The Hall–Kier alpha value is -2.48. The van der Waals surface area contributed by atoms with E-state index in [2.05, 4.69) is 4.40 Å². The van der Waals surface area contributed by atoms with Crippen molar-refractivity contribution in [1.29, 1.82) is 0 Å². The fourth-order valence-electron chi connectivity index (χ4n) is 1.32. The Morgan fingerprint density at radius 3 is 2.32 bits per heavy atom. The van der Waals surface area contributed by atoms with Crippen LogP contribution in [0.4, 0.5) is 0 Å². The van der Waals surface area contributed by atoms with Crippen LogP contribution in [0, 0.1) is 0 Å². The number of carboxylic acids is 1. The van der Waals surface area contributed by atoms with Gasteiger partial charge < -0.3 is 9.84 Å². The minimum Gasteiger partial charge on any atom is -0.477 e. The molecule has 1 aliphatic rings. The summed E-state index contributed by atoms with van der Waals surface area (Å²) in [5.74, 6) is -2.51.